The second-order valence-electron chi connectivity index (χ2n) is 4.33. The fraction of sp³-hybridized carbons (Fsp3) is 0.615. The van der Waals surface area contributed by atoms with Crippen LogP contribution in [-0.4, -0.2) is 31.3 Å². The number of hydrogen-bond acceptors (Lipinski definition) is 4. The molecule has 1 aromatic heterocycles. The van der Waals surface area contributed by atoms with E-state index in [1.807, 2.05) is 19.2 Å². The quantitative estimate of drug-likeness (QED) is 0.821. The van der Waals surface area contributed by atoms with Crippen LogP contribution in [0.3, 0.4) is 0 Å². The van der Waals surface area contributed by atoms with Crippen molar-refractivity contribution < 1.29 is 4.74 Å². The molecule has 2 N–H and O–H groups in total. The van der Waals surface area contributed by atoms with Crippen molar-refractivity contribution in [3.05, 3.63) is 23.9 Å². The van der Waals surface area contributed by atoms with Crippen LogP contribution in [0.4, 0.5) is 5.82 Å². The van der Waals surface area contributed by atoms with Gasteiger partial charge >= 0.3 is 0 Å². The summed E-state index contributed by atoms with van der Waals surface area (Å²) in [6.07, 6.45) is 1.82. The van der Waals surface area contributed by atoms with Crippen molar-refractivity contribution in [1.82, 2.24) is 4.98 Å². The van der Waals surface area contributed by atoms with Gasteiger partial charge in [0.15, 0.2) is 0 Å². The normalized spacial score (nSPS) is 14.4. The first-order valence-electron chi connectivity index (χ1n) is 6.07. The van der Waals surface area contributed by atoms with Crippen LogP contribution in [0.1, 0.15) is 32.4 Å². The molecule has 0 saturated heterocycles. The molecular weight excluding hydrogens is 214 g/mol. The average Bonchev–Trinajstić information content (AvgIpc) is 2.30. The van der Waals surface area contributed by atoms with Gasteiger partial charge in [0.25, 0.3) is 0 Å². The Labute approximate surface area is 104 Å². The second-order valence-corrected chi connectivity index (χ2v) is 4.33. The minimum Gasteiger partial charge on any atom is -0.383 e. The maximum Gasteiger partial charge on any atom is 0.129 e. The molecule has 0 aromatic carbocycles. The van der Waals surface area contributed by atoms with E-state index in [1.165, 1.54) is 0 Å². The van der Waals surface area contributed by atoms with E-state index in [0.29, 0.717) is 12.6 Å². The van der Waals surface area contributed by atoms with E-state index >= 15 is 0 Å². The van der Waals surface area contributed by atoms with Crippen LogP contribution in [0.2, 0.25) is 0 Å². The molecule has 1 heterocycles. The Hall–Kier alpha value is -1.13. The van der Waals surface area contributed by atoms with Gasteiger partial charge in [-0.3, -0.25) is 0 Å². The molecule has 1 aromatic rings. The van der Waals surface area contributed by atoms with Gasteiger partial charge in [0, 0.05) is 25.9 Å². The third-order valence-electron chi connectivity index (χ3n) is 2.87. The summed E-state index contributed by atoms with van der Waals surface area (Å²) in [6.45, 7) is 7.82. The zero-order valence-electron chi connectivity index (χ0n) is 11.2. The van der Waals surface area contributed by atoms with E-state index in [2.05, 4.69) is 29.8 Å². The number of methoxy groups -OCH3 is 1. The van der Waals surface area contributed by atoms with Gasteiger partial charge in [-0.05, 0) is 38.5 Å². The van der Waals surface area contributed by atoms with Crippen molar-refractivity contribution in [2.75, 3.05) is 25.2 Å². The number of aromatic nitrogens is 1. The van der Waals surface area contributed by atoms with Gasteiger partial charge in [-0.25, -0.2) is 4.98 Å². The molecule has 1 unspecified atom stereocenters. The van der Waals surface area contributed by atoms with E-state index < -0.39 is 0 Å². The van der Waals surface area contributed by atoms with Crippen LogP contribution in [0.15, 0.2) is 18.3 Å². The van der Waals surface area contributed by atoms with E-state index in [4.69, 9.17) is 10.5 Å². The number of rotatable bonds is 6. The monoisotopic (exact) mass is 237 g/mol. The molecular formula is C13H23N3O. The minimum absolute atomic E-state index is 0.0354. The van der Waals surface area contributed by atoms with Gasteiger partial charge in [-0.1, -0.05) is 0 Å². The number of pyridine rings is 1. The molecule has 0 aliphatic carbocycles. The molecule has 0 bridgehead atoms. The van der Waals surface area contributed by atoms with Crippen LogP contribution in [-0.2, 0) is 4.74 Å². The lowest BCUT2D eigenvalue weighted by molar-refractivity contribution is 0.181. The lowest BCUT2D eigenvalue weighted by Gasteiger charge is -2.29. The Bertz CT molecular complexity index is 341. The van der Waals surface area contributed by atoms with Crippen molar-refractivity contribution in [3.8, 4) is 0 Å². The molecule has 0 amide bonds. The second kappa shape index (κ2) is 6.57. The molecule has 0 fully saturated rings. The van der Waals surface area contributed by atoms with Crippen molar-refractivity contribution in [2.45, 2.75) is 32.9 Å². The highest BCUT2D eigenvalue weighted by Gasteiger charge is 2.14. The summed E-state index contributed by atoms with van der Waals surface area (Å²) in [4.78, 5) is 6.63. The molecule has 0 aliphatic rings. The molecule has 0 aliphatic heterocycles. The Balaban J connectivity index is 2.91. The number of anilines is 1. The standard InChI is InChI=1S/C13H23N3O/c1-5-16(10(2)9-17-4)13-8-12(11(3)14)6-7-15-13/h6-8,10-11H,5,9,14H2,1-4H3/t10?,11-/m0/s1. The summed E-state index contributed by atoms with van der Waals surface area (Å²) in [5.41, 5.74) is 7.00. The highest BCUT2D eigenvalue weighted by molar-refractivity contribution is 5.42. The first-order valence-corrected chi connectivity index (χ1v) is 6.07. The van der Waals surface area contributed by atoms with Crippen LogP contribution < -0.4 is 10.6 Å². The number of hydrogen-bond donors (Lipinski definition) is 1. The van der Waals surface area contributed by atoms with Gasteiger partial charge in [0.1, 0.15) is 5.82 Å². The summed E-state index contributed by atoms with van der Waals surface area (Å²) in [5, 5.41) is 0. The van der Waals surface area contributed by atoms with Crippen LogP contribution >= 0.6 is 0 Å². The van der Waals surface area contributed by atoms with Crippen molar-refractivity contribution in [1.29, 1.82) is 0 Å². The largest absolute Gasteiger partial charge is 0.383 e. The van der Waals surface area contributed by atoms with Crippen LogP contribution in [0, 0.1) is 0 Å². The van der Waals surface area contributed by atoms with E-state index in [-0.39, 0.29) is 6.04 Å². The molecule has 0 spiro atoms. The third-order valence-corrected chi connectivity index (χ3v) is 2.87. The minimum atomic E-state index is 0.0354. The molecule has 4 nitrogen and oxygen atoms in total. The number of nitrogens with two attached hydrogens (primary N) is 1. The summed E-state index contributed by atoms with van der Waals surface area (Å²) in [7, 11) is 1.72. The first kappa shape index (κ1) is 13.9. The smallest absolute Gasteiger partial charge is 0.129 e. The highest BCUT2D eigenvalue weighted by Crippen LogP contribution is 2.18. The zero-order chi connectivity index (χ0) is 12.8. The molecule has 1 rings (SSSR count). The van der Waals surface area contributed by atoms with E-state index in [1.54, 1.807) is 7.11 Å². The molecule has 17 heavy (non-hydrogen) atoms. The van der Waals surface area contributed by atoms with Gasteiger partial charge < -0.3 is 15.4 Å². The van der Waals surface area contributed by atoms with Crippen molar-refractivity contribution >= 4 is 5.82 Å². The lowest BCUT2D eigenvalue weighted by Crippen LogP contribution is -2.36. The Morgan fingerprint density at radius 2 is 2.18 bits per heavy atom. The fourth-order valence-electron chi connectivity index (χ4n) is 1.91. The van der Waals surface area contributed by atoms with E-state index in [0.717, 1.165) is 17.9 Å². The predicted octanol–water partition coefficient (Wildman–Crippen LogP) is 1.96. The van der Waals surface area contributed by atoms with Crippen molar-refractivity contribution in [2.24, 2.45) is 5.73 Å². The molecule has 0 radical (unpaired) electrons. The zero-order valence-corrected chi connectivity index (χ0v) is 11.2. The van der Waals surface area contributed by atoms with Gasteiger partial charge in [-0.15, -0.1) is 0 Å². The SMILES string of the molecule is CCN(c1cc([C@H](C)N)ccn1)C(C)COC. The Morgan fingerprint density at radius 3 is 2.71 bits per heavy atom. The van der Waals surface area contributed by atoms with Crippen LogP contribution in [0.5, 0.6) is 0 Å². The predicted molar refractivity (Wildman–Crippen MR) is 71.2 cm³/mol. The topological polar surface area (TPSA) is 51.4 Å². The molecule has 96 valence electrons. The van der Waals surface area contributed by atoms with Gasteiger partial charge in [-0.2, -0.15) is 0 Å². The first-order chi connectivity index (χ1) is 8.10. The van der Waals surface area contributed by atoms with E-state index in [9.17, 15) is 0 Å². The van der Waals surface area contributed by atoms with Gasteiger partial charge in [0.05, 0.1) is 12.6 Å². The summed E-state index contributed by atoms with van der Waals surface area (Å²) in [5.74, 6) is 0.965. The molecule has 2 atom stereocenters. The summed E-state index contributed by atoms with van der Waals surface area (Å²) >= 11 is 0. The fourth-order valence-corrected chi connectivity index (χ4v) is 1.91. The molecule has 0 saturated carbocycles. The lowest BCUT2D eigenvalue weighted by atomic mass is 10.1. The number of nitrogens with zero attached hydrogens (tertiary/aromatic N) is 2. The average molecular weight is 237 g/mol. The summed E-state index contributed by atoms with van der Waals surface area (Å²) in [6, 6.07) is 4.36. The highest BCUT2D eigenvalue weighted by atomic mass is 16.5. The Kier molecular flexibility index (Phi) is 5.38. The third kappa shape index (κ3) is 3.68. The number of likely N-dealkylation sites (N-methyl/N-ethyl adjacent to an activating group) is 1. The van der Waals surface area contributed by atoms with Gasteiger partial charge in [0.2, 0.25) is 0 Å². The Morgan fingerprint density at radius 1 is 1.47 bits per heavy atom. The maximum atomic E-state index is 5.89. The molecule has 4 heteroatoms. The van der Waals surface area contributed by atoms with Crippen molar-refractivity contribution in [3.63, 3.8) is 0 Å². The number of ether oxygens (including phenoxy) is 1. The van der Waals surface area contributed by atoms with Crippen LogP contribution in [0.25, 0.3) is 0 Å². The maximum absolute atomic E-state index is 5.89. The summed E-state index contributed by atoms with van der Waals surface area (Å²) < 4.78 is 5.19.